The van der Waals surface area contributed by atoms with Gasteiger partial charge in [-0.2, -0.15) is 0 Å². The van der Waals surface area contributed by atoms with Crippen molar-refractivity contribution in [3.63, 3.8) is 0 Å². The van der Waals surface area contributed by atoms with E-state index in [2.05, 4.69) is 44.1 Å². The van der Waals surface area contributed by atoms with Crippen molar-refractivity contribution in [1.29, 1.82) is 0 Å². The zero-order valence-electron chi connectivity index (χ0n) is 18.0. The topological polar surface area (TPSA) is 56.2 Å². The number of nitrogens with zero attached hydrogens (tertiary/aromatic N) is 5. The molecule has 0 saturated carbocycles. The Hall–Kier alpha value is -1.86. The molecule has 3 aliphatic heterocycles. The number of pyridine rings is 1. The van der Waals surface area contributed by atoms with Crippen molar-refractivity contribution in [2.24, 2.45) is 10.9 Å². The van der Waals surface area contributed by atoms with Gasteiger partial charge in [0.25, 0.3) is 0 Å². The number of hydrogen-bond acceptors (Lipinski definition) is 5. The molecule has 7 heteroatoms. The molecule has 1 N–H and O–H groups in total. The monoisotopic (exact) mass is 400 g/mol. The van der Waals surface area contributed by atoms with Gasteiger partial charge in [0, 0.05) is 65.1 Å². The van der Waals surface area contributed by atoms with Gasteiger partial charge in [0.1, 0.15) is 5.82 Å². The van der Waals surface area contributed by atoms with Gasteiger partial charge in [-0.25, -0.2) is 4.98 Å². The highest BCUT2D eigenvalue weighted by molar-refractivity contribution is 5.80. The van der Waals surface area contributed by atoms with E-state index < -0.39 is 0 Å². The number of likely N-dealkylation sites (tertiary alicyclic amines) is 1. The van der Waals surface area contributed by atoms with E-state index in [1.807, 2.05) is 13.2 Å². The Kier molecular flexibility index (Phi) is 6.87. The van der Waals surface area contributed by atoms with Crippen molar-refractivity contribution >= 4 is 11.8 Å². The van der Waals surface area contributed by atoms with Crippen LogP contribution in [0.15, 0.2) is 23.3 Å². The summed E-state index contributed by atoms with van der Waals surface area (Å²) in [4.78, 5) is 16.6. The molecule has 1 aromatic rings. The predicted molar refractivity (Wildman–Crippen MR) is 117 cm³/mol. The van der Waals surface area contributed by atoms with E-state index in [1.54, 1.807) is 0 Å². The summed E-state index contributed by atoms with van der Waals surface area (Å²) in [5.74, 6) is 2.95. The van der Waals surface area contributed by atoms with Crippen molar-refractivity contribution in [3.8, 4) is 0 Å². The summed E-state index contributed by atoms with van der Waals surface area (Å²) in [6, 6.07) is 4.98. The van der Waals surface area contributed by atoms with Gasteiger partial charge in [0.05, 0.1) is 13.2 Å². The summed E-state index contributed by atoms with van der Waals surface area (Å²) in [5, 5.41) is 3.54. The average Bonchev–Trinajstić information content (AvgIpc) is 3.26. The average molecular weight is 401 g/mol. The van der Waals surface area contributed by atoms with Crippen molar-refractivity contribution in [2.45, 2.75) is 38.8 Å². The molecule has 160 valence electrons. The molecule has 3 fully saturated rings. The third kappa shape index (κ3) is 5.20. The lowest BCUT2D eigenvalue weighted by Crippen LogP contribution is -2.46. The number of rotatable bonds is 4. The van der Waals surface area contributed by atoms with Crippen LogP contribution in [-0.2, 0) is 11.3 Å². The minimum atomic E-state index is 0.616. The number of guanidine groups is 1. The first-order valence-corrected chi connectivity index (χ1v) is 11.2. The molecule has 1 unspecified atom stereocenters. The van der Waals surface area contributed by atoms with E-state index >= 15 is 0 Å². The lowest BCUT2D eigenvalue weighted by atomic mass is 9.99. The van der Waals surface area contributed by atoms with Gasteiger partial charge in [-0.3, -0.25) is 9.89 Å². The number of aromatic nitrogens is 1. The molecule has 3 saturated heterocycles. The number of piperidine rings is 1. The molecule has 0 bridgehead atoms. The molecule has 0 aliphatic carbocycles. The van der Waals surface area contributed by atoms with Crippen LogP contribution in [0.1, 0.15) is 31.7 Å². The normalized spacial score (nSPS) is 24.9. The zero-order chi connectivity index (χ0) is 20.1. The second kappa shape index (κ2) is 9.76. The Balaban J connectivity index is 1.26. The summed E-state index contributed by atoms with van der Waals surface area (Å²) in [6.45, 7) is 11.3. The van der Waals surface area contributed by atoms with Gasteiger partial charge >= 0.3 is 0 Å². The van der Waals surface area contributed by atoms with Crippen LogP contribution in [0.2, 0.25) is 0 Å². The fourth-order valence-electron chi connectivity index (χ4n) is 4.63. The third-order valence-corrected chi connectivity index (χ3v) is 6.60. The van der Waals surface area contributed by atoms with E-state index in [9.17, 15) is 0 Å². The molecule has 1 atom stereocenters. The number of nitrogens with one attached hydrogen (secondary N) is 1. The SMILES string of the molecule is CN=C(NCc1ccc(N2CCC(C)CC2)nc1)N1CCC(N2CCOCC2)C1. The predicted octanol–water partition coefficient (Wildman–Crippen LogP) is 1.80. The highest BCUT2D eigenvalue weighted by Crippen LogP contribution is 2.21. The highest BCUT2D eigenvalue weighted by Gasteiger charge is 2.30. The number of ether oxygens (including phenoxy) is 1. The highest BCUT2D eigenvalue weighted by atomic mass is 16.5. The van der Waals surface area contributed by atoms with Crippen LogP contribution in [0.3, 0.4) is 0 Å². The van der Waals surface area contributed by atoms with Crippen molar-refractivity contribution in [1.82, 2.24) is 20.1 Å². The summed E-state index contributed by atoms with van der Waals surface area (Å²) in [5.41, 5.74) is 1.20. The van der Waals surface area contributed by atoms with E-state index in [0.717, 1.165) is 76.7 Å². The van der Waals surface area contributed by atoms with Crippen molar-refractivity contribution in [2.75, 3.05) is 64.4 Å². The van der Waals surface area contributed by atoms with Crippen LogP contribution in [0, 0.1) is 5.92 Å². The van der Waals surface area contributed by atoms with Gasteiger partial charge in [0.15, 0.2) is 5.96 Å². The van der Waals surface area contributed by atoms with Gasteiger partial charge in [-0.1, -0.05) is 13.0 Å². The molecule has 0 radical (unpaired) electrons. The number of morpholine rings is 1. The Morgan fingerprint density at radius 3 is 2.62 bits per heavy atom. The number of anilines is 1. The molecule has 0 spiro atoms. The summed E-state index contributed by atoms with van der Waals surface area (Å²) in [7, 11) is 1.88. The van der Waals surface area contributed by atoms with Crippen LogP contribution < -0.4 is 10.2 Å². The lowest BCUT2D eigenvalue weighted by Gasteiger charge is -2.32. The molecular formula is C22H36N6O. The molecule has 4 heterocycles. The summed E-state index contributed by atoms with van der Waals surface area (Å²) in [6.07, 6.45) is 5.74. The van der Waals surface area contributed by atoms with E-state index in [0.29, 0.717) is 6.04 Å². The Morgan fingerprint density at radius 1 is 1.14 bits per heavy atom. The molecule has 0 amide bonds. The van der Waals surface area contributed by atoms with Crippen LogP contribution >= 0.6 is 0 Å². The molecule has 29 heavy (non-hydrogen) atoms. The Morgan fingerprint density at radius 2 is 1.93 bits per heavy atom. The zero-order valence-corrected chi connectivity index (χ0v) is 18.0. The van der Waals surface area contributed by atoms with Gasteiger partial charge in [0.2, 0.25) is 0 Å². The second-order valence-electron chi connectivity index (χ2n) is 8.63. The molecule has 0 aromatic carbocycles. The van der Waals surface area contributed by atoms with Gasteiger partial charge in [-0.15, -0.1) is 0 Å². The maximum Gasteiger partial charge on any atom is 0.193 e. The Labute approximate surface area is 175 Å². The van der Waals surface area contributed by atoms with Gasteiger partial charge < -0.3 is 19.9 Å². The first-order valence-electron chi connectivity index (χ1n) is 11.2. The van der Waals surface area contributed by atoms with E-state index in [1.165, 1.54) is 24.8 Å². The molecular weight excluding hydrogens is 364 g/mol. The smallest absolute Gasteiger partial charge is 0.193 e. The van der Waals surface area contributed by atoms with Crippen molar-refractivity contribution in [3.05, 3.63) is 23.9 Å². The lowest BCUT2D eigenvalue weighted by molar-refractivity contribution is 0.0195. The molecule has 4 rings (SSSR count). The maximum absolute atomic E-state index is 5.49. The minimum absolute atomic E-state index is 0.616. The maximum atomic E-state index is 5.49. The van der Waals surface area contributed by atoms with Crippen LogP contribution in [0.4, 0.5) is 5.82 Å². The van der Waals surface area contributed by atoms with Crippen LogP contribution in [0.25, 0.3) is 0 Å². The summed E-state index contributed by atoms with van der Waals surface area (Å²) >= 11 is 0. The molecule has 3 aliphatic rings. The quantitative estimate of drug-likeness (QED) is 0.614. The van der Waals surface area contributed by atoms with Crippen LogP contribution in [0.5, 0.6) is 0 Å². The second-order valence-corrected chi connectivity index (χ2v) is 8.63. The number of aliphatic imine (C=N–C) groups is 1. The van der Waals surface area contributed by atoms with E-state index in [4.69, 9.17) is 9.72 Å². The van der Waals surface area contributed by atoms with E-state index in [-0.39, 0.29) is 0 Å². The third-order valence-electron chi connectivity index (χ3n) is 6.60. The largest absolute Gasteiger partial charge is 0.379 e. The minimum Gasteiger partial charge on any atom is -0.379 e. The molecule has 1 aromatic heterocycles. The first-order chi connectivity index (χ1) is 14.2. The Bertz CT molecular complexity index is 664. The van der Waals surface area contributed by atoms with Crippen molar-refractivity contribution < 1.29 is 4.74 Å². The fourth-order valence-corrected chi connectivity index (χ4v) is 4.63. The van der Waals surface area contributed by atoms with Crippen LogP contribution in [-0.4, -0.2) is 86.3 Å². The first kappa shape index (κ1) is 20.4. The fraction of sp³-hybridized carbons (Fsp3) is 0.727. The summed E-state index contributed by atoms with van der Waals surface area (Å²) < 4.78 is 5.49. The number of hydrogen-bond donors (Lipinski definition) is 1. The van der Waals surface area contributed by atoms with Gasteiger partial charge in [-0.05, 0) is 36.8 Å². The molecule has 7 nitrogen and oxygen atoms in total. The standard InChI is InChI=1S/C22H36N6O/c1-18-5-8-27(9-6-18)21-4-3-19(15-24-21)16-25-22(23-2)28-10-7-20(17-28)26-11-13-29-14-12-26/h3-4,15,18,20H,5-14,16-17H2,1-2H3,(H,23,25).